The molecule has 0 aliphatic carbocycles. The van der Waals surface area contributed by atoms with Gasteiger partial charge in [-0.15, -0.1) is 0 Å². The van der Waals surface area contributed by atoms with Gasteiger partial charge in [-0.2, -0.15) is 5.10 Å². The topological polar surface area (TPSA) is 117 Å². The number of hydrogen-bond donors (Lipinski definition) is 1. The molecule has 0 saturated heterocycles. The monoisotopic (exact) mass is 438 g/mol. The van der Waals surface area contributed by atoms with E-state index in [0.717, 1.165) is 5.39 Å². The van der Waals surface area contributed by atoms with Crippen molar-refractivity contribution < 1.29 is 17.7 Å². The number of aryl methyl sites for hydroxylation is 1. The zero-order valence-corrected chi connectivity index (χ0v) is 17.5. The van der Waals surface area contributed by atoms with Crippen molar-refractivity contribution in [1.82, 2.24) is 24.5 Å². The molecule has 158 valence electrons. The summed E-state index contributed by atoms with van der Waals surface area (Å²) in [5.74, 6) is 0.215. The molecule has 0 atom stereocenters. The first-order valence-electron chi connectivity index (χ1n) is 9.34. The van der Waals surface area contributed by atoms with Crippen LogP contribution in [0.1, 0.15) is 5.69 Å². The van der Waals surface area contributed by atoms with Crippen LogP contribution < -0.4 is 9.46 Å². The van der Waals surface area contributed by atoms with Gasteiger partial charge < -0.3 is 13.8 Å². The summed E-state index contributed by atoms with van der Waals surface area (Å²) in [6.07, 6.45) is 5.29. The number of benzene rings is 1. The van der Waals surface area contributed by atoms with Crippen LogP contribution >= 0.6 is 0 Å². The standard InChI is InChI=1S/C20H18N6O4S/c1-25-10-7-13-5-3-6-16(18(13)25)31(27,28)24-19-17-15(30-23-19)11-14(22-20(17)29-2)12-26-9-4-8-21-26/h3-11H,12H2,1-2H3,(H,23,24). The maximum Gasteiger partial charge on any atom is 0.265 e. The van der Waals surface area contributed by atoms with Crippen LogP contribution in [0.2, 0.25) is 0 Å². The molecular formula is C20H18N6O4S. The summed E-state index contributed by atoms with van der Waals surface area (Å²) < 4.78 is 43.2. The lowest BCUT2D eigenvalue weighted by atomic mass is 10.2. The molecule has 5 aromatic rings. The van der Waals surface area contributed by atoms with E-state index in [2.05, 4.69) is 20.0 Å². The number of nitrogens with zero attached hydrogens (tertiary/aromatic N) is 5. The second-order valence-electron chi connectivity index (χ2n) is 6.96. The Morgan fingerprint density at radius 2 is 2.06 bits per heavy atom. The minimum Gasteiger partial charge on any atom is -0.480 e. The second-order valence-corrected chi connectivity index (χ2v) is 8.61. The first-order chi connectivity index (χ1) is 15.0. The summed E-state index contributed by atoms with van der Waals surface area (Å²) in [5, 5.41) is 9.25. The van der Waals surface area contributed by atoms with E-state index in [-0.39, 0.29) is 16.6 Å². The summed E-state index contributed by atoms with van der Waals surface area (Å²) in [6.45, 7) is 0.399. The fourth-order valence-electron chi connectivity index (χ4n) is 3.55. The van der Waals surface area contributed by atoms with E-state index in [0.29, 0.717) is 28.7 Å². The first kappa shape index (κ1) is 19.1. The van der Waals surface area contributed by atoms with Gasteiger partial charge in [0, 0.05) is 37.1 Å². The molecule has 0 saturated carbocycles. The van der Waals surface area contributed by atoms with E-state index in [4.69, 9.17) is 9.26 Å². The maximum atomic E-state index is 13.2. The number of hydrogen-bond acceptors (Lipinski definition) is 7. The highest BCUT2D eigenvalue weighted by Gasteiger charge is 2.24. The summed E-state index contributed by atoms with van der Waals surface area (Å²) >= 11 is 0. The van der Waals surface area contributed by atoms with E-state index < -0.39 is 10.0 Å². The van der Waals surface area contributed by atoms with Crippen LogP contribution in [-0.4, -0.2) is 40.0 Å². The van der Waals surface area contributed by atoms with E-state index in [9.17, 15) is 8.42 Å². The maximum absolute atomic E-state index is 13.2. The van der Waals surface area contributed by atoms with Gasteiger partial charge in [-0.3, -0.25) is 9.40 Å². The quantitative estimate of drug-likeness (QED) is 0.433. The molecule has 0 aliphatic rings. The molecule has 0 bridgehead atoms. The fraction of sp³-hybridized carbons (Fsp3) is 0.150. The van der Waals surface area contributed by atoms with Crippen molar-refractivity contribution in [3.05, 3.63) is 60.7 Å². The van der Waals surface area contributed by atoms with Gasteiger partial charge in [0.1, 0.15) is 10.3 Å². The Morgan fingerprint density at radius 1 is 1.19 bits per heavy atom. The van der Waals surface area contributed by atoms with Crippen molar-refractivity contribution in [3.63, 3.8) is 0 Å². The molecule has 0 radical (unpaired) electrons. The van der Waals surface area contributed by atoms with Gasteiger partial charge in [-0.1, -0.05) is 17.3 Å². The number of methoxy groups -OCH3 is 1. The molecule has 4 aromatic heterocycles. The van der Waals surface area contributed by atoms with Crippen LogP contribution in [-0.2, 0) is 23.6 Å². The second kappa shape index (κ2) is 7.13. The van der Waals surface area contributed by atoms with Gasteiger partial charge in [0.2, 0.25) is 5.88 Å². The lowest BCUT2D eigenvalue weighted by Crippen LogP contribution is -2.14. The lowest BCUT2D eigenvalue weighted by molar-refractivity contribution is 0.400. The van der Waals surface area contributed by atoms with Crippen LogP contribution in [0, 0.1) is 0 Å². The zero-order valence-electron chi connectivity index (χ0n) is 16.7. The van der Waals surface area contributed by atoms with Crippen molar-refractivity contribution in [1.29, 1.82) is 0 Å². The Morgan fingerprint density at radius 3 is 2.84 bits per heavy atom. The third kappa shape index (κ3) is 3.28. The highest BCUT2D eigenvalue weighted by atomic mass is 32.2. The zero-order chi connectivity index (χ0) is 21.6. The molecule has 5 rings (SSSR count). The summed E-state index contributed by atoms with van der Waals surface area (Å²) in [6, 6.07) is 10.4. The SMILES string of the molecule is COc1nc(Cn2cccn2)cc2onc(NS(=O)(=O)c3cccc4ccn(C)c34)c12. The summed E-state index contributed by atoms with van der Waals surface area (Å²) in [4.78, 5) is 4.60. The van der Waals surface area contributed by atoms with Crippen LogP contribution in [0.15, 0.2) is 64.4 Å². The predicted molar refractivity (Wildman–Crippen MR) is 113 cm³/mol. The normalized spacial score (nSPS) is 11.9. The first-order valence-corrected chi connectivity index (χ1v) is 10.8. The highest BCUT2D eigenvalue weighted by molar-refractivity contribution is 7.93. The number of fused-ring (bicyclic) bond motifs is 2. The molecule has 1 N–H and O–H groups in total. The smallest absolute Gasteiger partial charge is 0.265 e. The highest BCUT2D eigenvalue weighted by Crippen LogP contribution is 2.33. The van der Waals surface area contributed by atoms with Crippen molar-refractivity contribution in [2.24, 2.45) is 7.05 Å². The van der Waals surface area contributed by atoms with E-state index in [1.807, 2.05) is 30.6 Å². The largest absolute Gasteiger partial charge is 0.480 e. The van der Waals surface area contributed by atoms with Crippen LogP contribution in [0.3, 0.4) is 0 Å². The van der Waals surface area contributed by atoms with Gasteiger partial charge in [-0.25, -0.2) is 13.4 Å². The van der Waals surface area contributed by atoms with Crippen molar-refractivity contribution in [2.45, 2.75) is 11.4 Å². The van der Waals surface area contributed by atoms with Crippen LogP contribution in [0.4, 0.5) is 5.82 Å². The number of rotatable bonds is 6. The van der Waals surface area contributed by atoms with E-state index >= 15 is 0 Å². The summed E-state index contributed by atoms with van der Waals surface area (Å²) in [7, 11) is -0.714. The van der Waals surface area contributed by atoms with Gasteiger partial charge in [0.25, 0.3) is 10.0 Å². The molecule has 0 amide bonds. The molecule has 31 heavy (non-hydrogen) atoms. The fourth-order valence-corrected chi connectivity index (χ4v) is 4.83. The van der Waals surface area contributed by atoms with Gasteiger partial charge in [-0.05, 0) is 18.2 Å². The molecule has 0 fully saturated rings. The molecule has 0 aliphatic heterocycles. The molecular weight excluding hydrogens is 420 g/mol. The van der Waals surface area contributed by atoms with Crippen LogP contribution in [0.25, 0.3) is 21.9 Å². The number of nitrogens with one attached hydrogen (secondary N) is 1. The molecule has 0 spiro atoms. The summed E-state index contributed by atoms with van der Waals surface area (Å²) in [5.41, 5.74) is 1.57. The Bertz CT molecular complexity index is 1500. The number of aromatic nitrogens is 5. The lowest BCUT2D eigenvalue weighted by Gasteiger charge is -2.10. The third-order valence-electron chi connectivity index (χ3n) is 4.93. The molecule has 0 unspecified atom stereocenters. The van der Waals surface area contributed by atoms with Gasteiger partial charge in [0.15, 0.2) is 11.4 Å². The minimum atomic E-state index is -3.96. The number of para-hydroxylation sites is 1. The number of sulfonamides is 1. The molecule has 1 aromatic carbocycles. The van der Waals surface area contributed by atoms with Crippen molar-refractivity contribution in [3.8, 4) is 5.88 Å². The Kier molecular flexibility index (Phi) is 4.40. The average molecular weight is 438 g/mol. The van der Waals surface area contributed by atoms with E-state index in [1.54, 1.807) is 40.7 Å². The van der Waals surface area contributed by atoms with Crippen LogP contribution in [0.5, 0.6) is 5.88 Å². The Balaban J connectivity index is 1.56. The Labute approximate surface area is 177 Å². The van der Waals surface area contributed by atoms with Gasteiger partial charge >= 0.3 is 0 Å². The van der Waals surface area contributed by atoms with Crippen molar-refractivity contribution >= 4 is 37.7 Å². The predicted octanol–water partition coefficient (Wildman–Crippen LogP) is 2.77. The molecule has 4 heterocycles. The third-order valence-corrected chi connectivity index (χ3v) is 6.30. The number of ether oxygens (including phenoxy) is 1. The Hall–Kier alpha value is -3.86. The average Bonchev–Trinajstić information content (AvgIpc) is 3.49. The molecule has 10 nitrogen and oxygen atoms in total. The minimum absolute atomic E-state index is 0.0104. The number of anilines is 1. The van der Waals surface area contributed by atoms with Crippen molar-refractivity contribution in [2.75, 3.05) is 11.8 Å². The number of pyridine rings is 1. The van der Waals surface area contributed by atoms with Gasteiger partial charge in [0.05, 0.1) is 24.9 Å². The molecule has 11 heteroatoms. The van der Waals surface area contributed by atoms with E-state index in [1.165, 1.54) is 7.11 Å².